The van der Waals surface area contributed by atoms with Crippen LogP contribution in [0.4, 0.5) is 0 Å². The summed E-state index contributed by atoms with van der Waals surface area (Å²) in [7, 11) is 1.35. The molecule has 0 N–H and O–H groups in total. The number of fused-ring (bicyclic) bond motifs is 1. The molecule has 3 rings (SSSR count). The molecule has 3 nitrogen and oxygen atoms in total. The van der Waals surface area contributed by atoms with Crippen molar-refractivity contribution in [2.24, 2.45) is 0 Å². The first-order chi connectivity index (χ1) is 12.2. The van der Waals surface area contributed by atoms with Gasteiger partial charge in [-0.3, -0.25) is 4.79 Å². The molecule has 3 aromatic rings. The predicted octanol–water partition coefficient (Wildman–Crippen LogP) is 4.45. The quantitative estimate of drug-likeness (QED) is 0.513. The average molecular weight is 330 g/mol. The van der Waals surface area contributed by atoms with Crippen LogP contribution in [0.15, 0.2) is 72.8 Å². The van der Waals surface area contributed by atoms with E-state index >= 15 is 0 Å². The lowest BCUT2D eigenvalue weighted by Gasteiger charge is -2.02. The van der Waals surface area contributed by atoms with Crippen LogP contribution in [0.2, 0.25) is 0 Å². The Balaban J connectivity index is 1.71. The van der Waals surface area contributed by atoms with E-state index in [1.807, 2.05) is 42.5 Å². The fraction of sp³-hybridized carbons (Fsp3) is 0.0909. The molecule has 0 radical (unpaired) electrons. The number of allylic oxidation sites excluding steroid dienone is 1. The van der Waals surface area contributed by atoms with Crippen LogP contribution in [-0.4, -0.2) is 18.9 Å². The Labute approximate surface area is 146 Å². The van der Waals surface area contributed by atoms with Gasteiger partial charge in [0.1, 0.15) is 0 Å². The zero-order chi connectivity index (χ0) is 17.6. The second-order valence-corrected chi connectivity index (χ2v) is 5.77. The van der Waals surface area contributed by atoms with E-state index in [2.05, 4.69) is 6.07 Å². The van der Waals surface area contributed by atoms with E-state index in [-0.39, 0.29) is 5.78 Å². The Kier molecular flexibility index (Phi) is 5.05. The molecule has 0 atom stereocenters. The molecular formula is C22H18O3. The lowest BCUT2D eigenvalue weighted by molar-refractivity contribution is -0.113. The van der Waals surface area contributed by atoms with Crippen LogP contribution in [0.3, 0.4) is 0 Å². The van der Waals surface area contributed by atoms with Crippen LogP contribution in [0, 0.1) is 0 Å². The largest absolute Gasteiger partial charge is 0.465 e. The van der Waals surface area contributed by atoms with Gasteiger partial charge in [-0.05, 0) is 40.1 Å². The third-order valence-corrected chi connectivity index (χ3v) is 3.96. The molecule has 0 unspecified atom stereocenters. The molecule has 0 bridgehead atoms. The fourth-order valence-corrected chi connectivity index (χ4v) is 2.69. The monoisotopic (exact) mass is 330 g/mol. The smallest absolute Gasteiger partial charge is 0.337 e. The van der Waals surface area contributed by atoms with Crippen molar-refractivity contribution in [3.05, 3.63) is 89.5 Å². The number of hydrogen-bond donors (Lipinski definition) is 0. The Bertz CT molecular complexity index is 954. The van der Waals surface area contributed by atoms with Gasteiger partial charge >= 0.3 is 5.97 Å². The van der Waals surface area contributed by atoms with E-state index in [0.29, 0.717) is 12.0 Å². The summed E-state index contributed by atoms with van der Waals surface area (Å²) in [6.45, 7) is 0. The number of ketones is 1. The van der Waals surface area contributed by atoms with Gasteiger partial charge in [-0.15, -0.1) is 0 Å². The van der Waals surface area contributed by atoms with E-state index in [1.165, 1.54) is 7.11 Å². The second-order valence-electron chi connectivity index (χ2n) is 5.77. The number of carbonyl (C=O) groups excluding carboxylic acids is 2. The summed E-state index contributed by atoms with van der Waals surface area (Å²) < 4.78 is 4.70. The third kappa shape index (κ3) is 4.21. The molecule has 0 saturated heterocycles. The molecule has 0 heterocycles. The number of rotatable bonds is 5. The van der Waals surface area contributed by atoms with Gasteiger partial charge in [-0.2, -0.15) is 0 Å². The molecule has 0 fully saturated rings. The zero-order valence-electron chi connectivity index (χ0n) is 13.9. The Morgan fingerprint density at radius 1 is 0.920 bits per heavy atom. The van der Waals surface area contributed by atoms with E-state index in [9.17, 15) is 9.59 Å². The zero-order valence-corrected chi connectivity index (χ0v) is 13.9. The van der Waals surface area contributed by atoms with Crippen molar-refractivity contribution in [1.29, 1.82) is 0 Å². The summed E-state index contributed by atoms with van der Waals surface area (Å²) in [5, 5.41) is 2.29. The standard InChI is InChI=1S/C22H18O3/c1-25-22(24)20-8-4-5-16(13-20)10-12-21(23)15-17-9-11-18-6-2-3-7-19(18)14-17/h2-14H,15H2,1H3. The number of methoxy groups -OCH3 is 1. The molecule has 0 saturated carbocycles. The summed E-state index contributed by atoms with van der Waals surface area (Å²) >= 11 is 0. The molecule has 3 heteroatoms. The Morgan fingerprint density at radius 3 is 2.52 bits per heavy atom. The molecule has 0 aromatic heterocycles. The van der Waals surface area contributed by atoms with Crippen LogP contribution in [-0.2, 0) is 16.0 Å². The first-order valence-corrected chi connectivity index (χ1v) is 8.03. The van der Waals surface area contributed by atoms with Crippen LogP contribution in [0.25, 0.3) is 16.8 Å². The molecule has 0 aliphatic carbocycles. The lowest BCUT2D eigenvalue weighted by Crippen LogP contribution is -2.01. The number of esters is 1. The number of carbonyl (C=O) groups is 2. The minimum Gasteiger partial charge on any atom is -0.465 e. The Morgan fingerprint density at radius 2 is 1.72 bits per heavy atom. The lowest BCUT2D eigenvalue weighted by atomic mass is 10.0. The summed E-state index contributed by atoms with van der Waals surface area (Å²) in [6, 6.07) is 21.1. The van der Waals surface area contributed by atoms with Gasteiger partial charge < -0.3 is 4.74 Å². The highest BCUT2D eigenvalue weighted by Crippen LogP contribution is 2.16. The van der Waals surface area contributed by atoms with E-state index in [4.69, 9.17) is 4.74 Å². The van der Waals surface area contributed by atoms with Gasteiger partial charge in [-0.1, -0.05) is 60.7 Å². The highest BCUT2D eigenvalue weighted by molar-refractivity contribution is 5.96. The van der Waals surface area contributed by atoms with E-state index in [0.717, 1.165) is 21.9 Å². The topological polar surface area (TPSA) is 43.4 Å². The number of benzene rings is 3. The second kappa shape index (κ2) is 7.58. The maximum absolute atomic E-state index is 12.2. The van der Waals surface area contributed by atoms with Crippen LogP contribution in [0.1, 0.15) is 21.5 Å². The van der Waals surface area contributed by atoms with Crippen molar-refractivity contribution in [2.75, 3.05) is 7.11 Å². The predicted molar refractivity (Wildman–Crippen MR) is 99.5 cm³/mol. The van der Waals surface area contributed by atoms with Crippen LogP contribution < -0.4 is 0 Å². The first-order valence-electron chi connectivity index (χ1n) is 8.03. The highest BCUT2D eigenvalue weighted by atomic mass is 16.5. The van der Waals surface area contributed by atoms with Crippen molar-refractivity contribution in [3.63, 3.8) is 0 Å². The van der Waals surface area contributed by atoms with Crippen LogP contribution >= 0.6 is 0 Å². The van der Waals surface area contributed by atoms with Gasteiger partial charge in [0, 0.05) is 6.42 Å². The maximum Gasteiger partial charge on any atom is 0.337 e. The fourth-order valence-electron chi connectivity index (χ4n) is 2.69. The van der Waals surface area contributed by atoms with E-state index < -0.39 is 5.97 Å². The molecule has 25 heavy (non-hydrogen) atoms. The summed E-state index contributed by atoms with van der Waals surface area (Å²) in [6.07, 6.45) is 3.61. The number of ether oxygens (including phenoxy) is 1. The summed E-state index contributed by atoms with van der Waals surface area (Å²) in [5.74, 6) is -0.378. The van der Waals surface area contributed by atoms with Crippen molar-refractivity contribution in [2.45, 2.75) is 6.42 Å². The SMILES string of the molecule is COC(=O)c1cccc(C=CC(=O)Cc2ccc3ccccc3c2)c1. The third-order valence-electron chi connectivity index (χ3n) is 3.96. The number of hydrogen-bond acceptors (Lipinski definition) is 3. The molecule has 0 aliphatic heterocycles. The molecule has 124 valence electrons. The minimum absolute atomic E-state index is 0.0127. The molecule has 0 aliphatic rings. The van der Waals surface area contributed by atoms with Crippen molar-refractivity contribution in [1.82, 2.24) is 0 Å². The first kappa shape index (κ1) is 16.7. The van der Waals surface area contributed by atoms with Crippen LogP contribution in [0.5, 0.6) is 0 Å². The van der Waals surface area contributed by atoms with E-state index in [1.54, 1.807) is 30.4 Å². The van der Waals surface area contributed by atoms with Crippen molar-refractivity contribution in [3.8, 4) is 0 Å². The molecule has 0 amide bonds. The Hall–Kier alpha value is -3.20. The summed E-state index contributed by atoms with van der Waals surface area (Å²) in [4.78, 5) is 23.8. The van der Waals surface area contributed by atoms with Gasteiger partial charge in [0.2, 0.25) is 0 Å². The normalized spacial score (nSPS) is 10.9. The highest BCUT2D eigenvalue weighted by Gasteiger charge is 2.05. The van der Waals surface area contributed by atoms with Crippen molar-refractivity contribution < 1.29 is 14.3 Å². The molecular weight excluding hydrogens is 312 g/mol. The minimum atomic E-state index is -0.391. The maximum atomic E-state index is 12.2. The van der Waals surface area contributed by atoms with Gasteiger partial charge in [0.15, 0.2) is 5.78 Å². The summed E-state index contributed by atoms with van der Waals surface area (Å²) in [5.41, 5.74) is 2.23. The molecule has 0 spiro atoms. The van der Waals surface area contributed by atoms with Gasteiger partial charge in [-0.25, -0.2) is 4.79 Å². The van der Waals surface area contributed by atoms with Gasteiger partial charge in [0.05, 0.1) is 12.7 Å². The average Bonchev–Trinajstić information content (AvgIpc) is 2.66. The van der Waals surface area contributed by atoms with Gasteiger partial charge in [0.25, 0.3) is 0 Å². The molecule has 3 aromatic carbocycles. The van der Waals surface area contributed by atoms with Crippen molar-refractivity contribution >= 4 is 28.6 Å².